The van der Waals surface area contributed by atoms with E-state index in [0.717, 1.165) is 16.8 Å². The molecule has 27 heavy (non-hydrogen) atoms. The zero-order valence-corrected chi connectivity index (χ0v) is 16.4. The third-order valence-electron chi connectivity index (χ3n) is 4.12. The molecule has 2 aliphatic rings. The molecule has 2 aliphatic heterocycles. The number of hydrazone groups is 1. The Labute approximate surface area is 159 Å². The van der Waals surface area contributed by atoms with E-state index in [1.54, 1.807) is 26.8 Å². The molecule has 1 aromatic rings. The third-order valence-corrected chi connectivity index (χ3v) is 7.48. The van der Waals surface area contributed by atoms with E-state index in [0.29, 0.717) is 5.04 Å². The summed E-state index contributed by atoms with van der Waals surface area (Å²) in [7, 11) is -4.25. The van der Waals surface area contributed by atoms with Gasteiger partial charge in [0.15, 0.2) is 10.5 Å². The molecule has 1 aromatic carbocycles. The SMILES string of the molecule is CC(C)(C)C1=NN2C(=N[C@](O)(C(F)(F)F)C[C@H]2S(=O)(=O)c2ccccc2)S1. The topological polar surface area (TPSA) is 82.3 Å². The normalized spacial score (nSPS) is 26.5. The van der Waals surface area contributed by atoms with Crippen molar-refractivity contribution in [2.45, 2.75) is 49.4 Å². The van der Waals surface area contributed by atoms with Gasteiger partial charge in [-0.1, -0.05) is 39.0 Å². The van der Waals surface area contributed by atoms with Crippen LogP contribution in [0.4, 0.5) is 13.2 Å². The second kappa shape index (κ2) is 6.21. The third kappa shape index (κ3) is 3.47. The first-order valence-corrected chi connectivity index (χ1v) is 10.4. The molecular weight excluding hydrogens is 403 g/mol. The average molecular weight is 421 g/mol. The zero-order valence-electron chi connectivity index (χ0n) is 14.7. The van der Waals surface area contributed by atoms with Crippen molar-refractivity contribution in [3.8, 4) is 0 Å². The average Bonchev–Trinajstić information content (AvgIpc) is 2.97. The summed E-state index contributed by atoms with van der Waals surface area (Å²) in [6.07, 6.45) is -6.29. The van der Waals surface area contributed by atoms with Gasteiger partial charge in [-0.15, -0.1) is 0 Å². The fourth-order valence-electron chi connectivity index (χ4n) is 2.58. The summed E-state index contributed by atoms with van der Waals surface area (Å²) < 4.78 is 66.5. The number of nitrogens with zero attached hydrogens (tertiary/aromatic N) is 3. The molecule has 0 saturated heterocycles. The molecular formula is C16H18F3N3O3S2. The van der Waals surface area contributed by atoms with Gasteiger partial charge in [0.1, 0.15) is 5.04 Å². The lowest BCUT2D eigenvalue weighted by atomic mass is 9.99. The number of thioether (sulfide) groups is 1. The molecule has 0 fully saturated rings. The molecule has 3 rings (SSSR count). The van der Waals surface area contributed by atoms with Crippen LogP contribution < -0.4 is 0 Å². The standard InChI is InChI=1S/C16H18F3N3O3S2/c1-14(2,3)12-21-22-11(27(24,25)10-7-5-4-6-8-10)9-15(23,16(17,18)19)20-13(22)26-12/h4-8,11,23H,9H2,1-3H3/t11-,15-/m1/s1. The summed E-state index contributed by atoms with van der Waals surface area (Å²) in [5.74, 6) is 0. The van der Waals surface area contributed by atoms with E-state index in [4.69, 9.17) is 0 Å². The van der Waals surface area contributed by atoms with Gasteiger partial charge in [-0.25, -0.2) is 18.4 Å². The van der Waals surface area contributed by atoms with E-state index in [-0.39, 0.29) is 10.1 Å². The number of halogens is 3. The molecule has 0 spiro atoms. The second-order valence-corrected chi connectivity index (χ2v) is 10.4. The van der Waals surface area contributed by atoms with E-state index in [1.165, 1.54) is 24.3 Å². The number of amidine groups is 1. The summed E-state index contributed by atoms with van der Waals surface area (Å²) in [4.78, 5) is 3.28. The van der Waals surface area contributed by atoms with Gasteiger partial charge < -0.3 is 5.11 Å². The van der Waals surface area contributed by atoms with Crippen LogP contribution in [0.1, 0.15) is 27.2 Å². The number of fused-ring (bicyclic) bond motifs is 1. The number of alkyl halides is 3. The number of hydrogen-bond acceptors (Lipinski definition) is 7. The Morgan fingerprint density at radius 3 is 2.33 bits per heavy atom. The van der Waals surface area contributed by atoms with E-state index in [1.807, 2.05) is 0 Å². The maximum absolute atomic E-state index is 13.5. The summed E-state index contributed by atoms with van der Waals surface area (Å²) in [5, 5.41) is 13.8. The first-order valence-electron chi connectivity index (χ1n) is 8.00. The van der Waals surface area contributed by atoms with E-state index < -0.39 is 38.9 Å². The minimum absolute atomic E-state index is 0.148. The number of hydrogen-bond donors (Lipinski definition) is 1. The van der Waals surface area contributed by atoms with Crippen molar-refractivity contribution in [3.63, 3.8) is 0 Å². The van der Waals surface area contributed by atoms with Crippen LogP contribution in [0.5, 0.6) is 0 Å². The Morgan fingerprint density at radius 1 is 1.22 bits per heavy atom. The number of sulfone groups is 1. The van der Waals surface area contributed by atoms with Crippen molar-refractivity contribution in [3.05, 3.63) is 30.3 Å². The lowest BCUT2D eigenvalue weighted by molar-refractivity contribution is -0.262. The minimum Gasteiger partial charge on any atom is -0.362 e. The van der Waals surface area contributed by atoms with Crippen LogP contribution in [0.25, 0.3) is 0 Å². The molecule has 6 nitrogen and oxygen atoms in total. The summed E-state index contributed by atoms with van der Waals surface area (Å²) in [6, 6.07) is 7.14. The van der Waals surface area contributed by atoms with Crippen molar-refractivity contribution >= 4 is 31.8 Å². The fourth-order valence-corrected chi connectivity index (χ4v) is 5.43. The molecule has 2 atom stereocenters. The van der Waals surface area contributed by atoms with Gasteiger partial charge in [0.2, 0.25) is 9.84 Å². The van der Waals surface area contributed by atoms with Crippen molar-refractivity contribution in [2.75, 3.05) is 0 Å². The van der Waals surface area contributed by atoms with E-state index in [2.05, 4.69) is 10.1 Å². The van der Waals surface area contributed by atoms with Gasteiger partial charge in [-0.2, -0.15) is 18.3 Å². The van der Waals surface area contributed by atoms with Crippen molar-refractivity contribution in [1.29, 1.82) is 0 Å². The molecule has 0 radical (unpaired) electrons. The highest BCUT2D eigenvalue weighted by atomic mass is 32.2. The molecule has 0 unspecified atom stereocenters. The number of aliphatic imine (C=N–C) groups is 1. The monoisotopic (exact) mass is 421 g/mol. The van der Waals surface area contributed by atoms with Crippen LogP contribution in [0.2, 0.25) is 0 Å². The molecule has 0 bridgehead atoms. The summed E-state index contributed by atoms with van der Waals surface area (Å²) >= 11 is 0.836. The Kier molecular flexibility index (Phi) is 4.64. The Balaban J connectivity index is 2.15. The van der Waals surface area contributed by atoms with Crippen LogP contribution in [-0.4, -0.2) is 46.0 Å². The molecule has 11 heteroatoms. The number of rotatable bonds is 2. The molecule has 0 aromatic heterocycles. The van der Waals surface area contributed by atoms with Gasteiger partial charge in [0.05, 0.1) is 4.90 Å². The van der Waals surface area contributed by atoms with Crippen LogP contribution >= 0.6 is 11.8 Å². The molecule has 0 saturated carbocycles. The van der Waals surface area contributed by atoms with E-state index in [9.17, 15) is 26.7 Å². The van der Waals surface area contributed by atoms with Gasteiger partial charge in [0, 0.05) is 11.8 Å². The predicted molar refractivity (Wildman–Crippen MR) is 96.8 cm³/mol. The zero-order chi connectivity index (χ0) is 20.3. The Morgan fingerprint density at radius 2 is 1.81 bits per heavy atom. The first-order chi connectivity index (χ1) is 12.3. The maximum Gasteiger partial charge on any atom is 0.438 e. The fraction of sp³-hybridized carbons (Fsp3) is 0.500. The van der Waals surface area contributed by atoms with E-state index >= 15 is 0 Å². The summed E-state index contributed by atoms with van der Waals surface area (Å²) in [5.41, 5.74) is -4.02. The van der Waals surface area contributed by atoms with Crippen LogP contribution in [0.15, 0.2) is 45.3 Å². The number of aliphatic hydroxyl groups is 1. The molecule has 148 valence electrons. The first kappa shape index (κ1) is 20.2. The highest BCUT2D eigenvalue weighted by molar-refractivity contribution is 8.27. The minimum atomic E-state index is -5.12. The molecule has 2 heterocycles. The summed E-state index contributed by atoms with van der Waals surface area (Å²) in [6.45, 7) is 5.40. The van der Waals surface area contributed by atoms with Crippen LogP contribution in [-0.2, 0) is 9.84 Å². The van der Waals surface area contributed by atoms with Gasteiger partial charge in [-0.05, 0) is 23.9 Å². The van der Waals surface area contributed by atoms with Gasteiger partial charge in [-0.3, -0.25) is 0 Å². The van der Waals surface area contributed by atoms with Crippen molar-refractivity contribution < 1.29 is 26.7 Å². The molecule has 0 amide bonds. The quantitative estimate of drug-likeness (QED) is 0.793. The van der Waals surface area contributed by atoms with Gasteiger partial charge in [0.25, 0.3) is 5.72 Å². The highest BCUT2D eigenvalue weighted by Gasteiger charge is 2.61. The van der Waals surface area contributed by atoms with Crippen molar-refractivity contribution in [1.82, 2.24) is 5.01 Å². The van der Waals surface area contributed by atoms with Gasteiger partial charge >= 0.3 is 6.18 Å². The van der Waals surface area contributed by atoms with Crippen molar-refractivity contribution in [2.24, 2.45) is 15.5 Å². The second-order valence-electron chi connectivity index (χ2n) is 7.33. The largest absolute Gasteiger partial charge is 0.438 e. The lowest BCUT2D eigenvalue weighted by Gasteiger charge is -2.37. The molecule has 1 N–H and O–H groups in total. The highest BCUT2D eigenvalue weighted by Crippen LogP contribution is 2.46. The predicted octanol–water partition coefficient (Wildman–Crippen LogP) is 3.21. The Hall–Kier alpha value is -1.59. The smallest absolute Gasteiger partial charge is 0.362 e. The lowest BCUT2D eigenvalue weighted by Crippen LogP contribution is -2.55. The number of benzene rings is 1. The maximum atomic E-state index is 13.5. The van der Waals surface area contributed by atoms with Crippen LogP contribution in [0.3, 0.4) is 0 Å². The Bertz CT molecular complexity index is 908. The molecule has 0 aliphatic carbocycles. The van der Waals surface area contributed by atoms with Crippen LogP contribution in [0, 0.1) is 5.41 Å².